The molecule has 180 valence electrons. The average molecular weight is 483 g/mol. The van der Waals surface area contributed by atoms with Crippen molar-refractivity contribution in [2.45, 2.75) is 25.8 Å². The fraction of sp³-hybridized carbons (Fsp3) is 0.179. The number of nitriles is 1. The van der Waals surface area contributed by atoms with Gasteiger partial charge in [0, 0.05) is 12.0 Å². The molecule has 1 aromatic heterocycles. The molecule has 0 spiro atoms. The molecule has 0 amide bonds. The van der Waals surface area contributed by atoms with Crippen LogP contribution in [-0.2, 0) is 0 Å². The van der Waals surface area contributed by atoms with Crippen LogP contribution in [0.1, 0.15) is 24.3 Å². The third-order valence-corrected chi connectivity index (χ3v) is 6.00. The van der Waals surface area contributed by atoms with Crippen LogP contribution in [0.2, 0.25) is 0 Å². The second-order valence-corrected chi connectivity index (χ2v) is 8.37. The molecule has 1 aliphatic rings. The Labute approximate surface area is 208 Å². The molecule has 0 radical (unpaired) electrons. The number of methoxy groups -OCH3 is 1. The van der Waals surface area contributed by atoms with E-state index in [9.17, 15) is 9.65 Å². The summed E-state index contributed by atoms with van der Waals surface area (Å²) < 4.78 is 31.1. The minimum absolute atomic E-state index is 0.101. The van der Waals surface area contributed by atoms with Crippen LogP contribution in [0.15, 0.2) is 82.6 Å². The van der Waals surface area contributed by atoms with Crippen LogP contribution in [0, 0.1) is 24.1 Å². The SMILES string of the molecule is COc1ccc(F)c(-c2ccc(Oc3ccc(N4N=C(c5ncco5)CC4CC#N)cc3)c(C)c2)c1. The molecule has 0 aliphatic carbocycles. The number of oxazole rings is 1. The van der Waals surface area contributed by atoms with Gasteiger partial charge in [0.2, 0.25) is 5.89 Å². The van der Waals surface area contributed by atoms with E-state index in [4.69, 9.17) is 13.9 Å². The van der Waals surface area contributed by atoms with Crippen LogP contribution in [0.5, 0.6) is 17.2 Å². The summed E-state index contributed by atoms with van der Waals surface area (Å²) in [5.74, 6) is 2.06. The van der Waals surface area contributed by atoms with E-state index in [0.29, 0.717) is 47.3 Å². The summed E-state index contributed by atoms with van der Waals surface area (Å²) in [6, 6.07) is 19.8. The predicted octanol–water partition coefficient (Wildman–Crippen LogP) is 6.49. The van der Waals surface area contributed by atoms with Gasteiger partial charge in [0.25, 0.3) is 0 Å². The Bertz CT molecular complexity index is 1440. The average Bonchev–Trinajstić information content (AvgIpc) is 3.57. The second kappa shape index (κ2) is 9.92. The summed E-state index contributed by atoms with van der Waals surface area (Å²) in [6.45, 7) is 1.92. The molecule has 0 saturated heterocycles. The Morgan fingerprint density at radius 2 is 1.92 bits per heavy atom. The van der Waals surface area contributed by atoms with E-state index in [0.717, 1.165) is 16.8 Å². The van der Waals surface area contributed by atoms with Crippen molar-refractivity contribution in [3.05, 3.63) is 90.4 Å². The first-order valence-corrected chi connectivity index (χ1v) is 11.4. The van der Waals surface area contributed by atoms with Crippen molar-refractivity contribution < 1.29 is 18.3 Å². The second-order valence-electron chi connectivity index (χ2n) is 8.37. The minimum atomic E-state index is -0.315. The number of aromatic nitrogens is 1. The molecule has 0 N–H and O–H groups in total. The summed E-state index contributed by atoms with van der Waals surface area (Å²) in [5.41, 5.74) is 3.63. The number of rotatable bonds is 7. The summed E-state index contributed by atoms with van der Waals surface area (Å²) in [6.07, 6.45) is 3.98. The van der Waals surface area contributed by atoms with Gasteiger partial charge in [-0.05, 0) is 72.6 Å². The van der Waals surface area contributed by atoms with E-state index < -0.39 is 0 Å². The molecule has 1 aliphatic heterocycles. The Hall–Kier alpha value is -4.64. The number of benzene rings is 3. The van der Waals surface area contributed by atoms with Crippen molar-refractivity contribution in [1.29, 1.82) is 5.26 Å². The van der Waals surface area contributed by atoms with E-state index >= 15 is 0 Å². The molecule has 0 saturated carbocycles. The van der Waals surface area contributed by atoms with Gasteiger partial charge in [-0.2, -0.15) is 10.4 Å². The molecule has 7 nitrogen and oxygen atoms in total. The van der Waals surface area contributed by atoms with Gasteiger partial charge >= 0.3 is 0 Å². The molecule has 5 rings (SSSR count). The molecule has 8 heteroatoms. The topological polar surface area (TPSA) is 83.9 Å². The standard InChI is InChI=1S/C28H23FN4O3/c1-18-15-19(24-17-23(34-2)8-9-25(24)29)3-10-27(18)36-22-6-4-20(5-7-22)33-21(11-12-30)16-26(32-33)28-31-13-14-35-28/h3-10,13-15,17,21H,11,16H2,1-2H3. The fourth-order valence-electron chi connectivity index (χ4n) is 4.17. The molecular formula is C28H23FN4O3. The predicted molar refractivity (Wildman–Crippen MR) is 134 cm³/mol. The largest absolute Gasteiger partial charge is 0.497 e. The summed E-state index contributed by atoms with van der Waals surface area (Å²) in [4.78, 5) is 4.17. The van der Waals surface area contributed by atoms with Crippen LogP contribution in [0.3, 0.4) is 0 Å². The van der Waals surface area contributed by atoms with Crippen molar-refractivity contribution in [3.63, 3.8) is 0 Å². The van der Waals surface area contributed by atoms with E-state index in [-0.39, 0.29) is 11.9 Å². The van der Waals surface area contributed by atoms with E-state index in [1.54, 1.807) is 25.4 Å². The normalized spacial score (nSPS) is 14.9. The maximum absolute atomic E-state index is 14.4. The molecule has 1 unspecified atom stereocenters. The first-order chi connectivity index (χ1) is 17.6. The number of anilines is 1. The maximum atomic E-state index is 14.4. The highest BCUT2D eigenvalue weighted by Gasteiger charge is 2.30. The van der Waals surface area contributed by atoms with Gasteiger partial charge in [-0.15, -0.1) is 0 Å². The molecule has 2 heterocycles. The fourth-order valence-corrected chi connectivity index (χ4v) is 4.17. The lowest BCUT2D eigenvalue weighted by Crippen LogP contribution is -2.25. The van der Waals surface area contributed by atoms with Gasteiger partial charge in [0.1, 0.15) is 35.0 Å². The third kappa shape index (κ3) is 4.64. The number of aryl methyl sites for hydroxylation is 1. The van der Waals surface area contributed by atoms with Gasteiger partial charge < -0.3 is 13.9 Å². The molecule has 4 aromatic rings. The molecular weight excluding hydrogens is 459 g/mol. The quantitative estimate of drug-likeness (QED) is 0.299. The summed E-state index contributed by atoms with van der Waals surface area (Å²) in [7, 11) is 1.56. The van der Waals surface area contributed by atoms with E-state index in [2.05, 4.69) is 16.2 Å². The van der Waals surface area contributed by atoms with Gasteiger partial charge in [-0.1, -0.05) is 6.07 Å². The van der Waals surface area contributed by atoms with Crippen LogP contribution < -0.4 is 14.5 Å². The maximum Gasteiger partial charge on any atom is 0.242 e. The summed E-state index contributed by atoms with van der Waals surface area (Å²) >= 11 is 0. The smallest absolute Gasteiger partial charge is 0.242 e. The molecule has 0 bridgehead atoms. The third-order valence-electron chi connectivity index (χ3n) is 6.00. The summed E-state index contributed by atoms with van der Waals surface area (Å²) in [5, 5.41) is 15.7. The van der Waals surface area contributed by atoms with E-state index in [1.165, 1.54) is 12.3 Å². The number of hydrogen-bond acceptors (Lipinski definition) is 7. The highest BCUT2D eigenvalue weighted by atomic mass is 19.1. The highest BCUT2D eigenvalue weighted by Crippen LogP contribution is 2.34. The first kappa shape index (κ1) is 23.1. The van der Waals surface area contributed by atoms with Crippen molar-refractivity contribution in [2.24, 2.45) is 5.10 Å². The van der Waals surface area contributed by atoms with Gasteiger partial charge in [0.05, 0.1) is 37.5 Å². The Morgan fingerprint density at radius 1 is 1.11 bits per heavy atom. The number of hydrazone groups is 1. The zero-order chi connectivity index (χ0) is 25.1. The number of ether oxygens (including phenoxy) is 2. The van der Waals surface area contributed by atoms with Crippen LogP contribution >= 0.6 is 0 Å². The van der Waals surface area contributed by atoms with Gasteiger partial charge in [-0.25, -0.2) is 9.37 Å². The number of nitrogens with zero attached hydrogens (tertiary/aromatic N) is 4. The molecule has 0 fully saturated rings. The minimum Gasteiger partial charge on any atom is -0.497 e. The van der Waals surface area contributed by atoms with Crippen molar-refractivity contribution in [2.75, 3.05) is 12.1 Å². The van der Waals surface area contributed by atoms with Crippen molar-refractivity contribution in [1.82, 2.24) is 4.98 Å². The Kier molecular flexibility index (Phi) is 6.37. The lowest BCUT2D eigenvalue weighted by Gasteiger charge is -2.21. The van der Waals surface area contributed by atoms with Crippen LogP contribution in [-0.4, -0.2) is 23.8 Å². The van der Waals surface area contributed by atoms with Gasteiger partial charge in [-0.3, -0.25) is 5.01 Å². The van der Waals surface area contributed by atoms with E-state index in [1.807, 2.05) is 54.4 Å². The van der Waals surface area contributed by atoms with Crippen LogP contribution in [0.25, 0.3) is 11.1 Å². The Morgan fingerprint density at radius 3 is 2.61 bits per heavy atom. The Balaban J connectivity index is 1.34. The molecule has 1 atom stereocenters. The number of halogens is 1. The van der Waals surface area contributed by atoms with Crippen LogP contribution in [0.4, 0.5) is 10.1 Å². The number of hydrogen-bond donors (Lipinski definition) is 0. The lowest BCUT2D eigenvalue weighted by atomic mass is 10.0. The molecule has 36 heavy (non-hydrogen) atoms. The molecule has 3 aromatic carbocycles. The lowest BCUT2D eigenvalue weighted by molar-refractivity contribution is 0.414. The highest BCUT2D eigenvalue weighted by molar-refractivity contribution is 5.99. The van der Waals surface area contributed by atoms with Crippen molar-refractivity contribution >= 4 is 11.4 Å². The van der Waals surface area contributed by atoms with Crippen molar-refractivity contribution in [3.8, 4) is 34.4 Å². The monoisotopic (exact) mass is 482 g/mol. The zero-order valence-corrected chi connectivity index (χ0v) is 19.8. The van der Waals surface area contributed by atoms with Gasteiger partial charge in [0.15, 0.2) is 0 Å². The first-order valence-electron chi connectivity index (χ1n) is 11.4. The zero-order valence-electron chi connectivity index (χ0n) is 19.8.